The maximum atomic E-state index is 12.4. The van der Waals surface area contributed by atoms with Crippen molar-refractivity contribution in [1.82, 2.24) is 9.47 Å². The van der Waals surface area contributed by atoms with Crippen LogP contribution in [0, 0.1) is 0 Å². The summed E-state index contributed by atoms with van der Waals surface area (Å²) in [5.41, 5.74) is 1.22. The van der Waals surface area contributed by atoms with E-state index in [4.69, 9.17) is 4.74 Å². The molecule has 0 bridgehead atoms. The molecule has 0 radical (unpaired) electrons. The normalized spacial score (nSPS) is 14.6. The molecule has 1 saturated heterocycles. The molecule has 7 heteroatoms. The minimum Gasteiger partial charge on any atom is -0.490 e. The SMILES string of the molecule is COC(=O)c1ccc(Cn2ccc(OC3CCN(C=O)CC3)cc2=O)cc1. The van der Waals surface area contributed by atoms with Crippen molar-refractivity contribution in [2.24, 2.45) is 0 Å². The van der Waals surface area contributed by atoms with Gasteiger partial charge in [-0.15, -0.1) is 0 Å². The lowest BCUT2D eigenvalue weighted by molar-refractivity contribution is -0.119. The van der Waals surface area contributed by atoms with Crippen LogP contribution in [-0.4, -0.2) is 48.1 Å². The monoisotopic (exact) mass is 370 g/mol. The van der Waals surface area contributed by atoms with Crippen LogP contribution in [0.25, 0.3) is 0 Å². The predicted molar refractivity (Wildman–Crippen MR) is 98.9 cm³/mol. The van der Waals surface area contributed by atoms with Gasteiger partial charge >= 0.3 is 5.97 Å². The fourth-order valence-electron chi connectivity index (χ4n) is 3.05. The number of ether oxygens (including phenoxy) is 2. The number of carbonyl (C=O) groups is 2. The minimum absolute atomic E-state index is 0.0160. The molecular weight excluding hydrogens is 348 g/mol. The van der Waals surface area contributed by atoms with E-state index in [0.717, 1.165) is 24.8 Å². The fourth-order valence-corrected chi connectivity index (χ4v) is 3.05. The van der Waals surface area contributed by atoms with Crippen molar-refractivity contribution < 1.29 is 19.1 Å². The molecule has 3 rings (SSSR count). The summed E-state index contributed by atoms with van der Waals surface area (Å²) < 4.78 is 12.1. The molecule has 27 heavy (non-hydrogen) atoms. The molecule has 0 spiro atoms. The Morgan fingerprint density at radius 1 is 1.19 bits per heavy atom. The quantitative estimate of drug-likeness (QED) is 0.571. The molecule has 1 amide bonds. The highest BCUT2D eigenvalue weighted by Crippen LogP contribution is 2.17. The van der Waals surface area contributed by atoms with Crippen LogP contribution in [0.4, 0.5) is 0 Å². The summed E-state index contributed by atoms with van der Waals surface area (Å²) in [6, 6.07) is 10.2. The summed E-state index contributed by atoms with van der Waals surface area (Å²) in [5, 5.41) is 0. The third-order valence-corrected chi connectivity index (χ3v) is 4.62. The van der Waals surface area contributed by atoms with E-state index < -0.39 is 0 Å². The Morgan fingerprint density at radius 2 is 1.89 bits per heavy atom. The lowest BCUT2D eigenvalue weighted by Crippen LogP contribution is -2.37. The summed E-state index contributed by atoms with van der Waals surface area (Å²) in [4.78, 5) is 36.3. The molecule has 2 heterocycles. The van der Waals surface area contributed by atoms with Crippen LogP contribution >= 0.6 is 0 Å². The Bertz CT molecular complexity index is 851. The second kappa shape index (κ2) is 8.53. The minimum atomic E-state index is -0.390. The average Bonchev–Trinajstić information content (AvgIpc) is 2.70. The summed E-state index contributed by atoms with van der Waals surface area (Å²) in [7, 11) is 1.34. The molecule has 1 fully saturated rings. The number of rotatable bonds is 6. The van der Waals surface area contributed by atoms with Crippen molar-refractivity contribution in [3.8, 4) is 5.75 Å². The molecular formula is C20H22N2O5. The summed E-state index contributed by atoms with van der Waals surface area (Å²) in [6.45, 7) is 1.75. The van der Waals surface area contributed by atoms with E-state index in [2.05, 4.69) is 4.74 Å². The number of hydrogen-bond acceptors (Lipinski definition) is 5. The van der Waals surface area contributed by atoms with E-state index >= 15 is 0 Å². The molecule has 0 N–H and O–H groups in total. The van der Waals surface area contributed by atoms with Gasteiger partial charge in [-0.2, -0.15) is 0 Å². The standard InChI is InChI=1S/C20H22N2O5/c1-26-20(25)16-4-2-15(3-5-16)13-22-11-8-18(12-19(22)24)27-17-6-9-21(14-23)10-7-17/h2-5,8,11-12,14,17H,6-7,9-10,13H2,1H3. The summed E-state index contributed by atoms with van der Waals surface area (Å²) in [6.07, 6.45) is 4.09. The van der Waals surface area contributed by atoms with Crippen LogP contribution in [0.2, 0.25) is 0 Å². The van der Waals surface area contributed by atoms with Gasteiger partial charge in [-0.05, 0) is 23.8 Å². The van der Waals surface area contributed by atoms with Crippen LogP contribution < -0.4 is 10.3 Å². The number of pyridine rings is 1. The van der Waals surface area contributed by atoms with Gasteiger partial charge in [0.1, 0.15) is 11.9 Å². The van der Waals surface area contributed by atoms with Crippen molar-refractivity contribution in [3.63, 3.8) is 0 Å². The van der Waals surface area contributed by atoms with Gasteiger partial charge < -0.3 is 18.9 Å². The van der Waals surface area contributed by atoms with Gasteiger partial charge in [0.2, 0.25) is 6.41 Å². The molecule has 1 aromatic carbocycles. The Hall–Kier alpha value is -3.09. The first kappa shape index (κ1) is 18.7. The Labute approximate surface area is 157 Å². The van der Waals surface area contributed by atoms with Gasteiger partial charge in [-0.1, -0.05) is 12.1 Å². The van der Waals surface area contributed by atoms with Crippen molar-refractivity contribution in [2.45, 2.75) is 25.5 Å². The van der Waals surface area contributed by atoms with E-state index in [1.165, 1.54) is 13.2 Å². The van der Waals surface area contributed by atoms with Gasteiger partial charge in [-0.25, -0.2) is 4.79 Å². The van der Waals surface area contributed by atoms with Gasteiger partial charge in [-0.3, -0.25) is 9.59 Å². The number of amides is 1. The lowest BCUT2D eigenvalue weighted by Gasteiger charge is -2.29. The van der Waals surface area contributed by atoms with Crippen LogP contribution in [0.15, 0.2) is 47.4 Å². The number of nitrogens with zero attached hydrogens (tertiary/aromatic N) is 2. The lowest BCUT2D eigenvalue weighted by atomic mass is 10.1. The second-order valence-electron chi connectivity index (χ2n) is 6.48. The van der Waals surface area contributed by atoms with Gasteiger partial charge in [0.25, 0.3) is 5.56 Å². The maximum Gasteiger partial charge on any atom is 0.337 e. The molecule has 1 aromatic heterocycles. The van der Waals surface area contributed by atoms with Crippen molar-refractivity contribution in [3.05, 3.63) is 64.1 Å². The van der Waals surface area contributed by atoms with E-state index in [1.54, 1.807) is 46.0 Å². The van der Waals surface area contributed by atoms with E-state index in [1.807, 2.05) is 0 Å². The van der Waals surface area contributed by atoms with Crippen molar-refractivity contribution >= 4 is 12.4 Å². The largest absolute Gasteiger partial charge is 0.490 e. The van der Waals surface area contributed by atoms with Gasteiger partial charge in [0.15, 0.2) is 0 Å². The summed E-state index contributed by atoms with van der Waals surface area (Å²) >= 11 is 0. The molecule has 0 atom stereocenters. The van der Waals surface area contributed by atoms with Crippen LogP contribution in [-0.2, 0) is 16.1 Å². The van der Waals surface area contributed by atoms with Gasteiger partial charge in [0.05, 0.1) is 19.2 Å². The Kier molecular flexibility index (Phi) is 5.90. The molecule has 7 nitrogen and oxygen atoms in total. The fraction of sp³-hybridized carbons (Fsp3) is 0.350. The summed E-state index contributed by atoms with van der Waals surface area (Å²) in [5.74, 6) is 0.154. The highest BCUT2D eigenvalue weighted by atomic mass is 16.5. The Balaban J connectivity index is 1.62. The van der Waals surface area contributed by atoms with Crippen LogP contribution in [0.3, 0.4) is 0 Å². The molecule has 1 aliphatic heterocycles. The first-order valence-electron chi connectivity index (χ1n) is 8.83. The molecule has 142 valence electrons. The molecule has 0 saturated carbocycles. The van der Waals surface area contributed by atoms with E-state index in [0.29, 0.717) is 30.9 Å². The molecule has 2 aromatic rings. The number of piperidine rings is 1. The van der Waals surface area contributed by atoms with E-state index in [9.17, 15) is 14.4 Å². The third kappa shape index (κ3) is 4.75. The number of hydrogen-bond donors (Lipinski definition) is 0. The average molecular weight is 370 g/mol. The zero-order valence-electron chi connectivity index (χ0n) is 15.2. The predicted octanol–water partition coefficient (Wildman–Crippen LogP) is 1.68. The number of aromatic nitrogens is 1. The second-order valence-corrected chi connectivity index (χ2v) is 6.48. The molecule has 0 unspecified atom stereocenters. The zero-order chi connectivity index (χ0) is 19.2. The number of benzene rings is 1. The smallest absolute Gasteiger partial charge is 0.337 e. The number of methoxy groups -OCH3 is 1. The first-order valence-corrected chi connectivity index (χ1v) is 8.83. The number of carbonyl (C=O) groups excluding carboxylic acids is 2. The first-order chi connectivity index (χ1) is 13.1. The van der Waals surface area contributed by atoms with Gasteiger partial charge in [0, 0.05) is 38.2 Å². The molecule has 0 aliphatic carbocycles. The number of likely N-dealkylation sites (tertiary alicyclic amines) is 1. The zero-order valence-corrected chi connectivity index (χ0v) is 15.2. The Morgan fingerprint density at radius 3 is 2.48 bits per heavy atom. The van der Waals surface area contributed by atoms with Crippen LogP contribution in [0.5, 0.6) is 5.75 Å². The van der Waals surface area contributed by atoms with Crippen molar-refractivity contribution in [1.29, 1.82) is 0 Å². The van der Waals surface area contributed by atoms with E-state index in [-0.39, 0.29) is 17.6 Å². The van der Waals surface area contributed by atoms with Crippen molar-refractivity contribution in [2.75, 3.05) is 20.2 Å². The third-order valence-electron chi connectivity index (χ3n) is 4.62. The highest BCUT2D eigenvalue weighted by molar-refractivity contribution is 5.89. The molecule has 1 aliphatic rings. The number of esters is 1. The highest BCUT2D eigenvalue weighted by Gasteiger charge is 2.19. The topological polar surface area (TPSA) is 77.8 Å². The van der Waals surface area contributed by atoms with Crippen LogP contribution in [0.1, 0.15) is 28.8 Å². The maximum absolute atomic E-state index is 12.4.